The van der Waals surface area contributed by atoms with Gasteiger partial charge in [-0.1, -0.05) is 23.7 Å². The number of hydrogen-bond donors (Lipinski definition) is 1. The number of carbonyl (C=O) groups excluding carboxylic acids is 2. The Labute approximate surface area is 150 Å². The van der Waals surface area contributed by atoms with Crippen LogP contribution in [0.5, 0.6) is 5.75 Å². The highest BCUT2D eigenvalue weighted by Gasteiger charge is 2.21. The number of nitrogens with one attached hydrogen (secondary N) is 1. The molecule has 0 bridgehead atoms. The van der Waals surface area contributed by atoms with E-state index >= 15 is 0 Å². The van der Waals surface area contributed by atoms with Gasteiger partial charge in [-0.25, -0.2) is 4.79 Å². The van der Waals surface area contributed by atoms with Crippen LogP contribution in [0.4, 0.5) is 0 Å². The predicted octanol–water partition coefficient (Wildman–Crippen LogP) is 2.55. The minimum atomic E-state index is -0.622. The number of ether oxygens (including phenoxy) is 2. The van der Waals surface area contributed by atoms with E-state index < -0.39 is 11.9 Å². The highest BCUT2D eigenvalue weighted by molar-refractivity contribution is 6.30. The smallest absolute Gasteiger partial charge is 0.344 e. The molecule has 2 rings (SSSR count). The Morgan fingerprint density at radius 1 is 1.28 bits per heavy atom. The summed E-state index contributed by atoms with van der Waals surface area (Å²) in [5.74, 6) is -0.0119. The zero-order valence-corrected chi connectivity index (χ0v) is 14.8. The normalized spacial score (nSPS) is 10.4. The number of rotatable bonds is 8. The van der Waals surface area contributed by atoms with Crippen LogP contribution < -0.4 is 10.1 Å². The molecule has 8 heteroatoms. The molecule has 2 aromatic rings. The molecule has 0 saturated carbocycles. The maximum atomic E-state index is 12.0. The molecule has 1 amide bonds. The van der Waals surface area contributed by atoms with E-state index in [1.165, 1.54) is 0 Å². The van der Waals surface area contributed by atoms with Crippen LogP contribution in [-0.4, -0.2) is 36.8 Å². The summed E-state index contributed by atoms with van der Waals surface area (Å²) in [7, 11) is 0. The number of esters is 1. The molecule has 0 spiro atoms. The average molecular weight is 367 g/mol. The minimum absolute atomic E-state index is 0.279. The van der Waals surface area contributed by atoms with E-state index in [0.29, 0.717) is 28.6 Å². The van der Waals surface area contributed by atoms with Gasteiger partial charge in [0.2, 0.25) is 0 Å². The molecule has 0 saturated heterocycles. The van der Waals surface area contributed by atoms with Crippen molar-refractivity contribution in [3.8, 4) is 5.75 Å². The van der Waals surface area contributed by atoms with Gasteiger partial charge in [0.15, 0.2) is 6.61 Å². The third-order valence-electron chi connectivity index (χ3n) is 3.31. The number of hydrogen-bond acceptors (Lipinski definition) is 6. The van der Waals surface area contributed by atoms with Crippen molar-refractivity contribution in [2.45, 2.75) is 20.3 Å². The zero-order valence-electron chi connectivity index (χ0n) is 14.0. The van der Waals surface area contributed by atoms with Gasteiger partial charge in [-0.2, -0.15) is 0 Å². The summed E-state index contributed by atoms with van der Waals surface area (Å²) in [6.45, 7) is 3.66. The lowest BCUT2D eigenvalue weighted by atomic mass is 10.1. The summed E-state index contributed by atoms with van der Waals surface area (Å²) in [6.07, 6.45) is 0.538. The van der Waals surface area contributed by atoms with Crippen molar-refractivity contribution in [3.05, 3.63) is 46.3 Å². The van der Waals surface area contributed by atoms with Crippen LogP contribution >= 0.6 is 11.6 Å². The van der Waals surface area contributed by atoms with Crippen LogP contribution in [0.15, 0.2) is 28.8 Å². The standard InChI is InChI=1S/C17H19ClN2O5/c1-3-14-16(11(2)25-20-14)17(22)24-10-15(21)19-8-9-23-13-6-4-12(18)5-7-13/h4-7H,3,8-10H2,1-2H3,(H,19,21). The Hall–Kier alpha value is -2.54. The van der Waals surface area contributed by atoms with Crippen molar-refractivity contribution < 1.29 is 23.6 Å². The highest BCUT2D eigenvalue weighted by atomic mass is 35.5. The first-order valence-corrected chi connectivity index (χ1v) is 8.16. The number of aryl methyl sites for hydroxylation is 2. The van der Waals surface area contributed by atoms with Crippen molar-refractivity contribution in [1.82, 2.24) is 10.5 Å². The molecule has 1 aromatic heterocycles. The fourth-order valence-corrected chi connectivity index (χ4v) is 2.19. The largest absolute Gasteiger partial charge is 0.492 e. The minimum Gasteiger partial charge on any atom is -0.492 e. The van der Waals surface area contributed by atoms with Gasteiger partial charge in [-0.15, -0.1) is 0 Å². The van der Waals surface area contributed by atoms with Crippen LogP contribution in [0.2, 0.25) is 5.02 Å². The van der Waals surface area contributed by atoms with Gasteiger partial charge in [-0.05, 0) is 37.6 Å². The summed E-state index contributed by atoms with van der Waals surface area (Å²) >= 11 is 5.78. The molecule has 0 aliphatic rings. The molecule has 0 radical (unpaired) electrons. The van der Waals surface area contributed by atoms with Gasteiger partial charge in [0.25, 0.3) is 5.91 Å². The molecular formula is C17H19ClN2O5. The molecule has 134 valence electrons. The van der Waals surface area contributed by atoms with Crippen molar-refractivity contribution in [1.29, 1.82) is 0 Å². The number of aromatic nitrogens is 1. The van der Waals surface area contributed by atoms with E-state index in [4.69, 9.17) is 25.6 Å². The topological polar surface area (TPSA) is 90.7 Å². The first-order chi connectivity index (χ1) is 12.0. The summed E-state index contributed by atoms with van der Waals surface area (Å²) in [5.41, 5.74) is 0.792. The lowest BCUT2D eigenvalue weighted by molar-refractivity contribution is -0.124. The number of amides is 1. The molecule has 0 fully saturated rings. The van der Waals surface area contributed by atoms with Crippen LogP contribution in [-0.2, 0) is 16.0 Å². The Bertz CT molecular complexity index is 727. The Kier molecular flexibility index (Phi) is 6.82. The van der Waals surface area contributed by atoms with Gasteiger partial charge in [-0.3, -0.25) is 4.79 Å². The zero-order chi connectivity index (χ0) is 18.2. The number of carbonyl (C=O) groups is 2. The van der Waals surface area contributed by atoms with Gasteiger partial charge >= 0.3 is 5.97 Å². The van der Waals surface area contributed by atoms with Crippen LogP contribution in [0, 0.1) is 6.92 Å². The van der Waals surface area contributed by atoms with Crippen molar-refractivity contribution in [3.63, 3.8) is 0 Å². The second-order valence-electron chi connectivity index (χ2n) is 5.14. The molecule has 1 heterocycles. The van der Waals surface area contributed by atoms with Gasteiger partial charge < -0.3 is 19.3 Å². The molecule has 1 aromatic carbocycles. The SMILES string of the molecule is CCc1noc(C)c1C(=O)OCC(=O)NCCOc1ccc(Cl)cc1. The van der Waals surface area contributed by atoms with Crippen molar-refractivity contribution in [2.75, 3.05) is 19.8 Å². The van der Waals surface area contributed by atoms with Crippen molar-refractivity contribution in [2.24, 2.45) is 0 Å². The second kappa shape index (κ2) is 9.08. The van der Waals surface area contributed by atoms with Gasteiger partial charge in [0, 0.05) is 5.02 Å². The Balaban J connectivity index is 1.69. The number of halogens is 1. The maximum absolute atomic E-state index is 12.0. The van der Waals surface area contributed by atoms with Gasteiger partial charge in [0.1, 0.15) is 23.7 Å². The quantitative estimate of drug-likeness (QED) is 0.570. The number of benzene rings is 1. The predicted molar refractivity (Wildman–Crippen MR) is 90.9 cm³/mol. The summed E-state index contributed by atoms with van der Waals surface area (Å²) in [6, 6.07) is 6.90. The molecule has 7 nitrogen and oxygen atoms in total. The first-order valence-electron chi connectivity index (χ1n) is 7.78. The van der Waals surface area contributed by atoms with Gasteiger partial charge in [0.05, 0.1) is 12.2 Å². The lowest BCUT2D eigenvalue weighted by Gasteiger charge is -2.08. The monoisotopic (exact) mass is 366 g/mol. The molecule has 0 aliphatic heterocycles. The molecule has 0 atom stereocenters. The highest BCUT2D eigenvalue weighted by Crippen LogP contribution is 2.16. The summed E-state index contributed by atoms with van der Waals surface area (Å²) in [4.78, 5) is 23.7. The average Bonchev–Trinajstić information content (AvgIpc) is 2.99. The van der Waals surface area contributed by atoms with E-state index in [2.05, 4.69) is 10.5 Å². The van der Waals surface area contributed by atoms with E-state index in [-0.39, 0.29) is 25.3 Å². The molecular weight excluding hydrogens is 348 g/mol. The summed E-state index contributed by atoms with van der Waals surface area (Å²) in [5, 5.41) is 7.00. The molecule has 1 N–H and O–H groups in total. The van der Waals surface area contributed by atoms with Crippen molar-refractivity contribution >= 4 is 23.5 Å². The second-order valence-corrected chi connectivity index (χ2v) is 5.58. The lowest BCUT2D eigenvalue weighted by Crippen LogP contribution is -2.32. The fourth-order valence-electron chi connectivity index (χ4n) is 2.07. The number of nitrogens with zero attached hydrogens (tertiary/aromatic N) is 1. The maximum Gasteiger partial charge on any atom is 0.344 e. The third-order valence-corrected chi connectivity index (χ3v) is 3.57. The Morgan fingerprint density at radius 3 is 2.68 bits per heavy atom. The molecule has 0 unspecified atom stereocenters. The van der Waals surface area contributed by atoms with E-state index in [1.807, 2.05) is 6.92 Å². The van der Waals surface area contributed by atoms with Crippen LogP contribution in [0.3, 0.4) is 0 Å². The van der Waals surface area contributed by atoms with E-state index in [9.17, 15) is 9.59 Å². The van der Waals surface area contributed by atoms with E-state index in [1.54, 1.807) is 31.2 Å². The molecule has 25 heavy (non-hydrogen) atoms. The third kappa shape index (κ3) is 5.49. The molecule has 0 aliphatic carbocycles. The fraction of sp³-hybridized carbons (Fsp3) is 0.353. The van der Waals surface area contributed by atoms with E-state index in [0.717, 1.165) is 0 Å². The first kappa shape index (κ1) is 18.8. The summed E-state index contributed by atoms with van der Waals surface area (Å²) < 4.78 is 15.4. The van der Waals surface area contributed by atoms with Crippen LogP contribution in [0.1, 0.15) is 28.7 Å². The van der Waals surface area contributed by atoms with Crippen LogP contribution in [0.25, 0.3) is 0 Å². The Morgan fingerprint density at radius 2 is 2.00 bits per heavy atom.